The van der Waals surface area contributed by atoms with E-state index in [4.69, 9.17) is 0 Å². The molecule has 18 heavy (non-hydrogen) atoms. The van der Waals surface area contributed by atoms with Gasteiger partial charge in [-0.3, -0.25) is 4.79 Å². The van der Waals surface area contributed by atoms with E-state index in [1.54, 1.807) is 11.3 Å². The van der Waals surface area contributed by atoms with Crippen molar-refractivity contribution in [1.82, 2.24) is 14.8 Å². The molecule has 2 heterocycles. The molecule has 1 aliphatic rings. The molecule has 100 valence electrons. The minimum Gasteiger partial charge on any atom is -0.342 e. The van der Waals surface area contributed by atoms with Gasteiger partial charge in [0.05, 0.1) is 17.1 Å². The van der Waals surface area contributed by atoms with Crippen molar-refractivity contribution in [2.75, 3.05) is 27.2 Å². The van der Waals surface area contributed by atoms with Gasteiger partial charge in [-0.25, -0.2) is 4.98 Å². The number of carbonyl (C=O) groups excluding carboxylic acids is 1. The number of piperidine rings is 1. The van der Waals surface area contributed by atoms with Gasteiger partial charge < -0.3 is 9.80 Å². The van der Waals surface area contributed by atoms with Gasteiger partial charge in [0.25, 0.3) is 0 Å². The van der Waals surface area contributed by atoms with E-state index < -0.39 is 0 Å². The molecular formula is C13H21N3OS. The van der Waals surface area contributed by atoms with Gasteiger partial charge in [0.2, 0.25) is 5.91 Å². The van der Waals surface area contributed by atoms with Crippen LogP contribution in [0.5, 0.6) is 0 Å². The lowest BCUT2D eigenvalue weighted by Gasteiger charge is -2.35. The topological polar surface area (TPSA) is 36.4 Å². The van der Waals surface area contributed by atoms with E-state index in [1.165, 1.54) is 0 Å². The van der Waals surface area contributed by atoms with Crippen LogP contribution in [0.25, 0.3) is 0 Å². The van der Waals surface area contributed by atoms with Gasteiger partial charge in [0, 0.05) is 18.5 Å². The van der Waals surface area contributed by atoms with Crippen LogP contribution in [-0.2, 0) is 11.2 Å². The van der Waals surface area contributed by atoms with E-state index >= 15 is 0 Å². The first-order valence-corrected chi connectivity index (χ1v) is 7.29. The van der Waals surface area contributed by atoms with Crippen LogP contribution in [0.1, 0.15) is 23.5 Å². The Morgan fingerprint density at radius 3 is 2.78 bits per heavy atom. The van der Waals surface area contributed by atoms with Crippen molar-refractivity contribution in [3.63, 3.8) is 0 Å². The molecule has 1 aromatic heterocycles. The first-order chi connectivity index (χ1) is 8.56. The number of thiazole rings is 1. The predicted molar refractivity (Wildman–Crippen MR) is 73.8 cm³/mol. The van der Waals surface area contributed by atoms with Gasteiger partial charge >= 0.3 is 0 Å². The van der Waals surface area contributed by atoms with Gasteiger partial charge in [-0.1, -0.05) is 0 Å². The van der Waals surface area contributed by atoms with Crippen LogP contribution in [0.3, 0.4) is 0 Å². The summed E-state index contributed by atoms with van der Waals surface area (Å²) in [6.45, 7) is 4.13. The lowest BCUT2D eigenvalue weighted by molar-refractivity contribution is -0.132. The maximum absolute atomic E-state index is 12.2. The Balaban J connectivity index is 1.88. The van der Waals surface area contributed by atoms with Crippen LogP contribution in [0, 0.1) is 6.92 Å². The molecule has 0 spiro atoms. The minimum absolute atomic E-state index is 0.190. The summed E-state index contributed by atoms with van der Waals surface area (Å²) in [5, 5.41) is 3.01. The first kappa shape index (κ1) is 13.5. The number of hydrogen-bond donors (Lipinski definition) is 0. The third kappa shape index (κ3) is 3.29. The zero-order chi connectivity index (χ0) is 13.1. The van der Waals surface area contributed by atoms with Crippen molar-refractivity contribution in [3.8, 4) is 0 Å². The number of aryl methyl sites for hydroxylation is 1. The molecule has 2 rings (SSSR count). The lowest BCUT2D eigenvalue weighted by atomic mass is 10.0. The summed E-state index contributed by atoms with van der Waals surface area (Å²) >= 11 is 1.61. The Kier molecular flexibility index (Phi) is 4.35. The third-order valence-electron chi connectivity index (χ3n) is 3.63. The molecule has 1 saturated heterocycles. The van der Waals surface area contributed by atoms with Crippen LogP contribution < -0.4 is 0 Å². The molecule has 1 aromatic rings. The standard InChI is InChI=1S/C13H21N3OS/c1-10-14-11(9-18-10)8-13(17)16(3)12-4-6-15(2)7-5-12/h9,12H,4-8H2,1-3H3. The van der Waals surface area contributed by atoms with Crippen LogP contribution in [-0.4, -0.2) is 53.9 Å². The number of rotatable bonds is 3. The molecule has 1 amide bonds. The van der Waals surface area contributed by atoms with Gasteiger partial charge in [-0.05, 0) is 39.9 Å². The largest absolute Gasteiger partial charge is 0.342 e. The van der Waals surface area contributed by atoms with Crippen LogP contribution in [0.15, 0.2) is 5.38 Å². The highest BCUT2D eigenvalue weighted by Crippen LogP contribution is 2.16. The average Bonchev–Trinajstić information content (AvgIpc) is 2.75. The molecule has 0 radical (unpaired) electrons. The highest BCUT2D eigenvalue weighted by Gasteiger charge is 2.24. The van der Waals surface area contributed by atoms with Crippen LogP contribution in [0.4, 0.5) is 0 Å². The molecule has 0 N–H and O–H groups in total. The summed E-state index contributed by atoms with van der Waals surface area (Å²) in [7, 11) is 4.06. The molecule has 0 aromatic carbocycles. The molecule has 5 heteroatoms. The first-order valence-electron chi connectivity index (χ1n) is 6.41. The fourth-order valence-electron chi connectivity index (χ4n) is 2.35. The summed E-state index contributed by atoms with van der Waals surface area (Å²) in [6.07, 6.45) is 2.59. The van der Waals surface area contributed by atoms with E-state index in [-0.39, 0.29) is 5.91 Å². The van der Waals surface area contributed by atoms with Crippen molar-refractivity contribution < 1.29 is 4.79 Å². The van der Waals surface area contributed by atoms with Crippen molar-refractivity contribution in [2.24, 2.45) is 0 Å². The second-order valence-corrected chi connectivity index (χ2v) is 6.14. The average molecular weight is 267 g/mol. The van der Waals surface area contributed by atoms with Crippen molar-refractivity contribution >= 4 is 17.2 Å². The monoisotopic (exact) mass is 267 g/mol. The highest BCUT2D eigenvalue weighted by molar-refractivity contribution is 7.09. The van der Waals surface area contributed by atoms with E-state index in [0.717, 1.165) is 36.6 Å². The highest BCUT2D eigenvalue weighted by atomic mass is 32.1. The van der Waals surface area contributed by atoms with Crippen LogP contribution >= 0.6 is 11.3 Å². The molecular weight excluding hydrogens is 246 g/mol. The number of nitrogens with zero attached hydrogens (tertiary/aromatic N) is 3. The summed E-state index contributed by atoms with van der Waals surface area (Å²) in [4.78, 5) is 20.8. The zero-order valence-electron chi connectivity index (χ0n) is 11.3. The van der Waals surface area contributed by atoms with Gasteiger partial charge in [0.1, 0.15) is 0 Å². The van der Waals surface area contributed by atoms with Gasteiger partial charge in [-0.15, -0.1) is 11.3 Å². The van der Waals surface area contributed by atoms with Crippen molar-refractivity contribution in [3.05, 3.63) is 16.1 Å². The molecule has 4 nitrogen and oxygen atoms in total. The number of amides is 1. The Labute approximate surface area is 113 Å². The molecule has 0 aliphatic carbocycles. The SMILES string of the molecule is Cc1nc(CC(=O)N(C)C2CCN(C)CC2)cs1. The number of aromatic nitrogens is 1. The Bertz CT molecular complexity index is 410. The summed E-state index contributed by atoms with van der Waals surface area (Å²) < 4.78 is 0. The number of likely N-dealkylation sites (tertiary alicyclic amines) is 1. The summed E-state index contributed by atoms with van der Waals surface area (Å²) in [5.74, 6) is 0.190. The second kappa shape index (κ2) is 5.80. The van der Waals surface area contributed by atoms with Crippen molar-refractivity contribution in [2.45, 2.75) is 32.2 Å². The maximum Gasteiger partial charge on any atom is 0.228 e. The van der Waals surface area contributed by atoms with E-state index in [2.05, 4.69) is 16.9 Å². The zero-order valence-corrected chi connectivity index (χ0v) is 12.2. The second-order valence-electron chi connectivity index (χ2n) is 5.07. The quantitative estimate of drug-likeness (QED) is 0.833. The van der Waals surface area contributed by atoms with Crippen molar-refractivity contribution in [1.29, 1.82) is 0 Å². The van der Waals surface area contributed by atoms with E-state index in [9.17, 15) is 4.79 Å². The number of carbonyl (C=O) groups is 1. The molecule has 0 saturated carbocycles. The Morgan fingerprint density at radius 2 is 2.22 bits per heavy atom. The minimum atomic E-state index is 0.190. The number of hydrogen-bond acceptors (Lipinski definition) is 4. The Hall–Kier alpha value is -0.940. The molecule has 1 aliphatic heterocycles. The smallest absolute Gasteiger partial charge is 0.228 e. The van der Waals surface area contributed by atoms with Gasteiger partial charge in [-0.2, -0.15) is 0 Å². The number of likely N-dealkylation sites (N-methyl/N-ethyl adjacent to an activating group) is 1. The summed E-state index contributed by atoms with van der Waals surface area (Å²) in [6, 6.07) is 0.397. The van der Waals surface area contributed by atoms with E-state index in [1.807, 2.05) is 24.3 Å². The predicted octanol–water partition coefficient (Wildman–Crippen LogP) is 1.55. The summed E-state index contributed by atoms with van der Waals surface area (Å²) in [5.41, 5.74) is 0.905. The molecule has 0 atom stereocenters. The molecule has 0 bridgehead atoms. The molecule has 1 fully saturated rings. The van der Waals surface area contributed by atoms with Gasteiger partial charge in [0.15, 0.2) is 0 Å². The Morgan fingerprint density at radius 1 is 1.56 bits per heavy atom. The normalized spacial score (nSPS) is 17.9. The fourth-order valence-corrected chi connectivity index (χ4v) is 2.97. The van der Waals surface area contributed by atoms with E-state index in [0.29, 0.717) is 12.5 Å². The molecule has 0 unspecified atom stereocenters. The lowest BCUT2D eigenvalue weighted by Crippen LogP contribution is -2.45. The van der Waals surface area contributed by atoms with Crippen LogP contribution in [0.2, 0.25) is 0 Å². The third-order valence-corrected chi connectivity index (χ3v) is 4.45. The maximum atomic E-state index is 12.2. The fraction of sp³-hybridized carbons (Fsp3) is 0.692.